The number of para-hydroxylation sites is 1. The van der Waals surface area contributed by atoms with E-state index in [2.05, 4.69) is 69.1 Å². The number of ether oxygens (including phenoxy) is 1. The second-order valence-electron chi connectivity index (χ2n) is 10.3. The van der Waals surface area contributed by atoms with Crippen LogP contribution in [0.5, 0.6) is 5.75 Å². The molecule has 1 amide bonds. The van der Waals surface area contributed by atoms with Crippen LogP contribution in [0.3, 0.4) is 0 Å². The largest absolute Gasteiger partial charge is 0.496 e. The third-order valence-corrected chi connectivity index (χ3v) is 8.09. The van der Waals surface area contributed by atoms with E-state index in [0.717, 1.165) is 55.0 Å². The van der Waals surface area contributed by atoms with Gasteiger partial charge in [0.2, 0.25) is 5.91 Å². The van der Waals surface area contributed by atoms with E-state index in [4.69, 9.17) is 4.74 Å². The van der Waals surface area contributed by atoms with Gasteiger partial charge < -0.3 is 10.1 Å². The van der Waals surface area contributed by atoms with Crippen molar-refractivity contribution < 1.29 is 9.53 Å². The summed E-state index contributed by atoms with van der Waals surface area (Å²) in [7, 11) is 1.66. The van der Waals surface area contributed by atoms with Crippen LogP contribution in [0.1, 0.15) is 18.4 Å². The lowest BCUT2D eigenvalue weighted by Crippen LogP contribution is -2.58. The van der Waals surface area contributed by atoms with Crippen LogP contribution in [0, 0.1) is 11.8 Å². The number of carbonyl (C=O) groups is 1. The summed E-state index contributed by atoms with van der Waals surface area (Å²) in [6.45, 7) is 3.12. The Kier molecular flexibility index (Phi) is 6.92. The average Bonchev–Trinajstić information content (AvgIpc) is 3.45. The minimum atomic E-state index is 0.0316. The van der Waals surface area contributed by atoms with E-state index < -0.39 is 0 Å². The van der Waals surface area contributed by atoms with Crippen molar-refractivity contribution in [3.63, 3.8) is 0 Å². The molecule has 0 aliphatic carbocycles. The fourth-order valence-electron chi connectivity index (χ4n) is 5.99. The number of carbonyl (C=O) groups excluding carboxylic acids is 1. The normalized spacial score (nSPS) is 22.2. The van der Waals surface area contributed by atoms with E-state index >= 15 is 0 Å². The van der Waals surface area contributed by atoms with Gasteiger partial charge in [-0.05, 0) is 42.5 Å². The summed E-state index contributed by atoms with van der Waals surface area (Å²) < 4.78 is 7.38. The highest BCUT2D eigenvalue weighted by Gasteiger charge is 2.43. The van der Waals surface area contributed by atoms with Crippen LogP contribution in [0.15, 0.2) is 85.1 Å². The van der Waals surface area contributed by atoms with Crippen molar-refractivity contribution in [3.05, 3.63) is 90.6 Å². The fourth-order valence-corrected chi connectivity index (χ4v) is 5.99. The molecule has 1 aromatic heterocycles. The molecule has 38 heavy (non-hydrogen) atoms. The van der Waals surface area contributed by atoms with E-state index in [1.807, 2.05) is 41.2 Å². The van der Waals surface area contributed by atoms with E-state index in [9.17, 15) is 4.79 Å². The molecule has 4 unspecified atom stereocenters. The summed E-state index contributed by atoms with van der Waals surface area (Å²) >= 11 is 0. The van der Waals surface area contributed by atoms with Gasteiger partial charge in [-0.25, -0.2) is 0 Å². The molecule has 3 aliphatic rings. The lowest BCUT2D eigenvalue weighted by Gasteiger charge is -2.49. The maximum Gasteiger partial charge on any atom is 0.224 e. The van der Waals surface area contributed by atoms with Crippen LogP contribution in [-0.2, 0) is 17.9 Å². The molecular formula is C31H33N5O2. The molecule has 3 saturated heterocycles. The van der Waals surface area contributed by atoms with Crippen molar-refractivity contribution >= 4 is 5.91 Å². The third kappa shape index (κ3) is 5.07. The Morgan fingerprint density at radius 2 is 1.71 bits per heavy atom. The third-order valence-electron chi connectivity index (χ3n) is 8.09. The maximum atomic E-state index is 13.1. The molecule has 0 radical (unpaired) electrons. The molecule has 7 rings (SSSR count). The number of rotatable bonds is 8. The smallest absolute Gasteiger partial charge is 0.224 e. The number of fused-ring (bicyclic) bond motifs is 3. The minimum Gasteiger partial charge on any atom is -0.496 e. The monoisotopic (exact) mass is 507 g/mol. The van der Waals surface area contributed by atoms with Gasteiger partial charge in [-0.15, -0.1) is 5.10 Å². The number of nitrogens with one attached hydrogen (secondary N) is 1. The SMILES string of the molecule is COc1ccccc1CNC(=O)C1CN2CCC1CC2Cn1cc(-c2ccc(-c3ccccc3)cc2)nn1. The topological polar surface area (TPSA) is 72.3 Å². The first-order chi connectivity index (χ1) is 18.7. The van der Waals surface area contributed by atoms with Gasteiger partial charge in [0.15, 0.2) is 0 Å². The molecule has 194 valence electrons. The van der Waals surface area contributed by atoms with E-state index in [0.29, 0.717) is 18.5 Å². The van der Waals surface area contributed by atoms with Crippen molar-refractivity contribution in [1.29, 1.82) is 0 Å². The van der Waals surface area contributed by atoms with Crippen molar-refractivity contribution in [2.24, 2.45) is 11.8 Å². The Morgan fingerprint density at radius 3 is 2.47 bits per heavy atom. The summed E-state index contributed by atoms with van der Waals surface area (Å²) in [5.41, 5.74) is 5.34. The molecule has 4 heterocycles. The summed E-state index contributed by atoms with van der Waals surface area (Å²) in [4.78, 5) is 15.6. The number of amides is 1. The van der Waals surface area contributed by atoms with E-state index in [1.54, 1.807) is 7.11 Å². The molecule has 0 spiro atoms. The van der Waals surface area contributed by atoms with E-state index in [1.165, 1.54) is 11.1 Å². The zero-order valence-corrected chi connectivity index (χ0v) is 21.7. The van der Waals surface area contributed by atoms with Crippen LogP contribution >= 0.6 is 0 Å². The summed E-state index contributed by atoms with van der Waals surface area (Å²) in [5, 5.41) is 12.0. The quantitative estimate of drug-likeness (QED) is 0.376. The number of piperidine rings is 3. The lowest BCUT2D eigenvalue weighted by molar-refractivity contribution is -0.133. The first kappa shape index (κ1) is 24.4. The second kappa shape index (κ2) is 10.8. The maximum absolute atomic E-state index is 13.1. The summed E-state index contributed by atoms with van der Waals surface area (Å²) in [6.07, 6.45) is 4.12. The molecule has 7 heteroatoms. The van der Waals surface area contributed by atoms with E-state index in [-0.39, 0.29) is 11.8 Å². The number of methoxy groups -OCH3 is 1. The number of aromatic nitrogens is 3. The van der Waals surface area contributed by atoms with Gasteiger partial charge in [0.1, 0.15) is 11.4 Å². The Labute approximate surface area is 223 Å². The van der Waals surface area contributed by atoms with Crippen LogP contribution in [-0.4, -0.2) is 52.0 Å². The van der Waals surface area contributed by atoms with Gasteiger partial charge in [0, 0.05) is 30.3 Å². The first-order valence-electron chi connectivity index (χ1n) is 13.4. The highest BCUT2D eigenvalue weighted by Crippen LogP contribution is 2.37. The summed E-state index contributed by atoms with van der Waals surface area (Å²) in [5.74, 6) is 1.38. The van der Waals surface area contributed by atoms with Crippen LogP contribution < -0.4 is 10.1 Å². The lowest BCUT2D eigenvalue weighted by atomic mass is 9.75. The van der Waals surface area contributed by atoms with Crippen LogP contribution in [0.25, 0.3) is 22.4 Å². The van der Waals surface area contributed by atoms with Gasteiger partial charge in [-0.2, -0.15) is 0 Å². The molecule has 4 atom stereocenters. The first-order valence-corrected chi connectivity index (χ1v) is 13.4. The van der Waals surface area contributed by atoms with Crippen LogP contribution in [0.4, 0.5) is 0 Å². The van der Waals surface area contributed by atoms with Gasteiger partial charge in [0.25, 0.3) is 0 Å². The van der Waals surface area contributed by atoms with Crippen molar-refractivity contribution in [2.75, 3.05) is 20.2 Å². The molecule has 3 aliphatic heterocycles. The second-order valence-corrected chi connectivity index (χ2v) is 10.3. The Balaban J connectivity index is 1.06. The highest BCUT2D eigenvalue weighted by molar-refractivity contribution is 5.79. The molecule has 2 bridgehead atoms. The predicted octanol–water partition coefficient (Wildman–Crippen LogP) is 4.65. The zero-order chi connectivity index (χ0) is 25.9. The minimum absolute atomic E-state index is 0.0316. The molecule has 3 fully saturated rings. The number of nitrogens with zero attached hydrogens (tertiary/aromatic N) is 4. The number of hydrogen-bond donors (Lipinski definition) is 1. The van der Waals surface area contributed by atoms with Gasteiger partial charge in [-0.3, -0.25) is 14.4 Å². The molecule has 0 saturated carbocycles. The Bertz CT molecular complexity index is 1380. The molecule has 7 nitrogen and oxygen atoms in total. The van der Waals surface area contributed by atoms with Crippen molar-refractivity contribution in [1.82, 2.24) is 25.2 Å². The molecular weight excluding hydrogens is 474 g/mol. The zero-order valence-electron chi connectivity index (χ0n) is 21.7. The predicted molar refractivity (Wildman–Crippen MR) is 147 cm³/mol. The van der Waals surface area contributed by atoms with Crippen molar-refractivity contribution in [3.8, 4) is 28.1 Å². The Morgan fingerprint density at radius 1 is 0.974 bits per heavy atom. The van der Waals surface area contributed by atoms with Gasteiger partial charge in [-0.1, -0.05) is 78.0 Å². The fraction of sp³-hybridized carbons (Fsp3) is 0.323. The van der Waals surface area contributed by atoms with Gasteiger partial charge >= 0.3 is 0 Å². The Hall–Kier alpha value is -3.97. The van der Waals surface area contributed by atoms with Crippen molar-refractivity contribution in [2.45, 2.75) is 32.0 Å². The molecule has 1 N–H and O–H groups in total. The van der Waals surface area contributed by atoms with Crippen LogP contribution in [0.2, 0.25) is 0 Å². The molecule has 3 aromatic carbocycles. The highest BCUT2D eigenvalue weighted by atomic mass is 16.5. The standard InChI is InChI=1S/C31H33N5O2/c1-38-30-10-6-5-9-26(30)18-32-31(37)28-20-35-16-15-25(28)17-27(35)19-36-21-29(33-34-36)24-13-11-23(12-14-24)22-7-3-2-4-8-22/h2-14,21,25,27-28H,15-20H2,1H3,(H,32,37). The number of benzene rings is 3. The summed E-state index contributed by atoms with van der Waals surface area (Å²) in [6, 6.07) is 27.1. The number of hydrogen-bond acceptors (Lipinski definition) is 5. The average molecular weight is 508 g/mol. The molecule has 4 aromatic rings. The van der Waals surface area contributed by atoms with Gasteiger partial charge in [0.05, 0.1) is 25.8 Å².